The van der Waals surface area contributed by atoms with Gasteiger partial charge in [-0.25, -0.2) is 0 Å². The number of ether oxygens (including phenoxy) is 1. The Morgan fingerprint density at radius 2 is 2.08 bits per heavy atom. The number of rotatable bonds is 6. The molecule has 130 valence electrons. The van der Waals surface area contributed by atoms with E-state index in [2.05, 4.69) is 27.3 Å². The predicted molar refractivity (Wildman–Crippen MR) is 92.7 cm³/mol. The maximum Gasteiger partial charge on any atom is 0.105 e. The summed E-state index contributed by atoms with van der Waals surface area (Å²) in [4.78, 5) is 2.40. The Bertz CT molecular complexity index is 798. The van der Waals surface area contributed by atoms with Gasteiger partial charge in [0.2, 0.25) is 0 Å². The van der Waals surface area contributed by atoms with Crippen molar-refractivity contribution in [1.82, 2.24) is 19.9 Å². The summed E-state index contributed by atoms with van der Waals surface area (Å²) in [6, 6.07) is 12.4. The molecule has 1 atom stereocenters. The van der Waals surface area contributed by atoms with Gasteiger partial charge < -0.3 is 9.15 Å². The van der Waals surface area contributed by atoms with Crippen LogP contribution in [0.5, 0.6) is 0 Å². The van der Waals surface area contributed by atoms with Gasteiger partial charge in [-0.1, -0.05) is 35.5 Å². The quantitative estimate of drug-likeness (QED) is 0.692. The van der Waals surface area contributed by atoms with Gasteiger partial charge in [0.1, 0.15) is 5.69 Å². The number of hydrogen-bond acceptors (Lipinski definition) is 5. The van der Waals surface area contributed by atoms with Crippen molar-refractivity contribution >= 4 is 0 Å². The summed E-state index contributed by atoms with van der Waals surface area (Å²) in [5, 5.41) is 8.62. The molecule has 25 heavy (non-hydrogen) atoms. The lowest BCUT2D eigenvalue weighted by Gasteiger charge is -2.34. The van der Waals surface area contributed by atoms with E-state index in [1.54, 1.807) is 12.5 Å². The summed E-state index contributed by atoms with van der Waals surface area (Å²) in [7, 11) is 1.96. The van der Waals surface area contributed by atoms with Gasteiger partial charge in [0.25, 0.3) is 0 Å². The highest BCUT2D eigenvalue weighted by molar-refractivity contribution is 5.20. The van der Waals surface area contributed by atoms with Crippen molar-refractivity contribution in [2.45, 2.75) is 25.6 Å². The Hall–Kier alpha value is -2.44. The van der Waals surface area contributed by atoms with Crippen molar-refractivity contribution in [3.8, 4) is 0 Å². The van der Waals surface area contributed by atoms with E-state index in [-0.39, 0.29) is 6.04 Å². The van der Waals surface area contributed by atoms with E-state index in [1.165, 1.54) is 16.8 Å². The molecule has 0 radical (unpaired) electrons. The van der Waals surface area contributed by atoms with Gasteiger partial charge in [-0.2, -0.15) is 0 Å². The zero-order chi connectivity index (χ0) is 17.1. The number of aryl methyl sites for hydroxylation is 1. The Kier molecular flexibility index (Phi) is 4.63. The molecule has 0 N–H and O–H groups in total. The number of aromatic nitrogens is 3. The fourth-order valence-corrected chi connectivity index (χ4v) is 3.37. The van der Waals surface area contributed by atoms with Crippen LogP contribution in [0.1, 0.15) is 28.6 Å². The minimum absolute atomic E-state index is 0.107. The Morgan fingerprint density at radius 1 is 1.20 bits per heavy atom. The van der Waals surface area contributed by atoms with Crippen LogP contribution in [-0.2, 0) is 31.4 Å². The van der Waals surface area contributed by atoms with Crippen molar-refractivity contribution in [2.75, 3.05) is 13.2 Å². The molecule has 3 aromatic rings. The van der Waals surface area contributed by atoms with Crippen LogP contribution in [-0.4, -0.2) is 33.0 Å². The number of nitrogens with zero attached hydrogens (tertiary/aromatic N) is 4. The normalized spacial score (nSPS) is 17.6. The van der Waals surface area contributed by atoms with E-state index in [9.17, 15) is 0 Å². The van der Waals surface area contributed by atoms with Gasteiger partial charge in [0.15, 0.2) is 0 Å². The highest BCUT2D eigenvalue weighted by Crippen LogP contribution is 2.29. The zero-order valence-electron chi connectivity index (χ0n) is 14.3. The second-order valence-corrected chi connectivity index (χ2v) is 6.41. The smallest absolute Gasteiger partial charge is 0.105 e. The van der Waals surface area contributed by atoms with E-state index >= 15 is 0 Å². The fraction of sp³-hybridized carbons (Fsp3) is 0.368. The number of benzene rings is 1. The Morgan fingerprint density at radius 3 is 2.88 bits per heavy atom. The third kappa shape index (κ3) is 3.50. The molecule has 0 saturated heterocycles. The van der Waals surface area contributed by atoms with E-state index < -0.39 is 0 Å². The first kappa shape index (κ1) is 16.1. The van der Waals surface area contributed by atoms with Crippen molar-refractivity contribution in [3.05, 3.63) is 71.4 Å². The van der Waals surface area contributed by atoms with Crippen molar-refractivity contribution < 1.29 is 9.15 Å². The summed E-state index contributed by atoms with van der Waals surface area (Å²) >= 11 is 0. The molecule has 1 aliphatic heterocycles. The van der Waals surface area contributed by atoms with Crippen LogP contribution in [0, 0.1) is 0 Å². The molecule has 2 aromatic heterocycles. The lowest BCUT2D eigenvalue weighted by molar-refractivity contribution is 0.0388. The lowest BCUT2D eigenvalue weighted by atomic mass is 10.0. The molecular weight excluding hydrogens is 316 g/mol. The van der Waals surface area contributed by atoms with E-state index in [4.69, 9.17) is 9.15 Å². The van der Waals surface area contributed by atoms with Gasteiger partial charge >= 0.3 is 0 Å². The van der Waals surface area contributed by atoms with Crippen LogP contribution in [0.4, 0.5) is 0 Å². The molecule has 0 fully saturated rings. The average molecular weight is 338 g/mol. The molecule has 0 spiro atoms. The number of hydrogen-bond donors (Lipinski definition) is 0. The van der Waals surface area contributed by atoms with Gasteiger partial charge in [-0.15, -0.1) is 5.10 Å². The molecule has 1 unspecified atom stereocenters. The molecule has 3 heterocycles. The molecule has 0 saturated carbocycles. The lowest BCUT2D eigenvalue weighted by Crippen LogP contribution is -2.38. The standard InChI is InChI=1S/C19H22N4O2/c1-22-17-7-9-23(11-16-8-10-24-13-16)18(19(17)20-21-22)14-25-12-15-5-3-2-4-6-15/h2-6,8,10,13,18H,7,9,11-12,14H2,1H3. The summed E-state index contributed by atoms with van der Waals surface area (Å²) in [5.41, 5.74) is 4.58. The van der Waals surface area contributed by atoms with Gasteiger partial charge in [0, 0.05) is 32.1 Å². The third-order valence-electron chi connectivity index (χ3n) is 4.72. The second-order valence-electron chi connectivity index (χ2n) is 6.41. The molecule has 1 aliphatic rings. The molecule has 0 aliphatic carbocycles. The predicted octanol–water partition coefficient (Wildman–Crippen LogP) is 2.72. The fourth-order valence-electron chi connectivity index (χ4n) is 3.37. The van der Waals surface area contributed by atoms with E-state index in [0.717, 1.165) is 25.2 Å². The Labute approximate surface area is 147 Å². The maximum atomic E-state index is 6.03. The van der Waals surface area contributed by atoms with E-state index in [0.29, 0.717) is 13.2 Å². The average Bonchev–Trinajstić information content (AvgIpc) is 3.28. The number of furan rings is 1. The van der Waals surface area contributed by atoms with Crippen molar-refractivity contribution in [2.24, 2.45) is 7.05 Å². The summed E-state index contributed by atoms with van der Waals surface area (Å²) < 4.78 is 13.1. The molecule has 0 bridgehead atoms. The monoisotopic (exact) mass is 338 g/mol. The second kappa shape index (κ2) is 7.21. The third-order valence-corrected chi connectivity index (χ3v) is 4.72. The summed E-state index contributed by atoms with van der Waals surface area (Å²) in [5.74, 6) is 0. The maximum absolute atomic E-state index is 6.03. The highest BCUT2D eigenvalue weighted by Gasteiger charge is 2.31. The van der Waals surface area contributed by atoms with Gasteiger partial charge in [-0.3, -0.25) is 9.58 Å². The summed E-state index contributed by atoms with van der Waals surface area (Å²) in [6.07, 6.45) is 4.47. The van der Waals surface area contributed by atoms with Crippen LogP contribution in [0.2, 0.25) is 0 Å². The van der Waals surface area contributed by atoms with Crippen LogP contribution in [0.3, 0.4) is 0 Å². The minimum Gasteiger partial charge on any atom is -0.472 e. The minimum atomic E-state index is 0.107. The topological polar surface area (TPSA) is 56.3 Å². The van der Waals surface area contributed by atoms with Gasteiger partial charge in [0.05, 0.1) is 37.5 Å². The van der Waals surface area contributed by atoms with Crippen LogP contribution >= 0.6 is 0 Å². The largest absolute Gasteiger partial charge is 0.472 e. The summed E-state index contributed by atoms with van der Waals surface area (Å²) in [6.45, 7) is 2.98. The SMILES string of the molecule is Cn1nnc2c1CCN(Cc1ccoc1)C2COCc1ccccc1. The first-order valence-electron chi connectivity index (χ1n) is 8.56. The van der Waals surface area contributed by atoms with E-state index in [1.807, 2.05) is 36.0 Å². The Balaban J connectivity index is 1.49. The molecular formula is C19H22N4O2. The molecule has 6 heteroatoms. The van der Waals surface area contributed by atoms with Crippen LogP contribution < -0.4 is 0 Å². The van der Waals surface area contributed by atoms with Gasteiger partial charge in [-0.05, 0) is 11.6 Å². The first-order chi connectivity index (χ1) is 12.3. The molecule has 6 nitrogen and oxygen atoms in total. The van der Waals surface area contributed by atoms with Crippen LogP contribution in [0.25, 0.3) is 0 Å². The first-order valence-corrected chi connectivity index (χ1v) is 8.56. The highest BCUT2D eigenvalue weighted by atomic mass is 16.5. The van der Waals surface area contributed by atoms with Crippen molar-refractivity contribution in [3.63, 3.8) is 0 Å². The number of fused-ring (bicyclic) bond motifs is 1. The van der Waals surface area contributed by atoms with Crippen molar-refractivity contribution in [1.29, 1.82) is 0 Å². The molecule has 0 amide bonds. The van der Waals surface area contributed by atoms with Crippen LogP contribution in [0.15, 0.2) is 53.3 Å². The molecule has 1 aromatic carbocycles. The molecule has 4 rings (SSSR count). The zero-order valence-corrected chi connectivity index (χ0v) is 14.3.